The zero-order valence-corrected chi connectivity index (χ0v) is 17.8. The zero-order valence-electron chi connectivity index (χ0n) is 17.8. The molecular formula is C23H30N4O3. The third kappa shape index (κ3) is 4.55. The van der Waals surface area contributed by atoms with E-state index in [1.165, 1.54) is 5.56 Å². The number of piperazine rings is 1. The van der Waals surface area contributed by atoms with Gasteiger partial charge in [0.1, 0.15) is 0 Å². The molecule has 7 nitrogen and oxygen atoms in total. The van der Waals surface area contributed by atoms with Gasteiger partial charge in [-0.2, -0.15) is 4.98 Å². The summed E-state index contributed by atoms with van der Waals surface area (Å²) < 4.78 is 5.34. The summed E-state index contributed by atoms with van der Waals surface area (Å²) in [6, 6.07) is 8.16. The molecule has 0 unspecified atom stereocenters. The van der Waals surface area contributed by atoms with E-state index < -0.39 is 0 Å². The Kier molecular flexibility index (Phi) is 6.16. The lowest BCUT2D eigenvalue weighted by Gasteiger charge is -2.38. The van der Waals surface area contributed by atoms with Crippen molar-refractivity contribution in [3.63, 3.8) is 0 Å². The van der Waals surface area contributed by atoms with Gasteiger partial charge in [-0.25, -0.2) is 0 Å². The van der Waals surface area contributed by atoms with E-state index in [4.69, 9.17) is 4.52 Å². The molecule has 2 aliphatic rings. The Hall–Kier alpha value is -2.70. The van der Waals surface area contributed by atoms with Crippen LogP contribution in [0.4, 0.5) is 0 Å². The molecule has 1 saturated heterocycles. The van der Waals surface area contributed by atoms with Gasteiger partial charge in [-0.05, 0) is 24.3 Å². The first-order valence-electron chi connectivity index (χ1n) is 11.0. The number of hydrogen-bond donors (Lipinski definition) is 0. The summed E-state index contributed by atoms with van der Waals surface area (Å²) in [5.41, 5.74) is 2.18. The topological polar surface area (TPSA) is 79.5 Å². The highest BCUT2D eigenvalue weighted by Crippen LogP contribution is 2.28. The fourth-order valence-electron chi connectivity index (χ4n) is 3.95. The van der Waals surface area contributed by atoms with Gasteiger partial charge in [0.25, 0.3) is 0 Å². The summed E-state index contributed by atoms with van der Waals surface area (Å²) in [5, 5.41) is 4.06. The van der Waals surface area contributed by atoms with Crippen molar-refractivity contribution < 1.29 is 14.1 Å². The fraction of sp³-hybridized carbons (Fsp3) is 0.565. The van der Waals surface area contributed by atoms with Crippen LogP contribution in [-0.2, 0) is 16.0 Å². The second-order valence-electron chi connectivity index (χ2n) is 8.62. The molecule has 1 saturated carbocycles. The molecule has 30 heavy (non-hydrogen) atoms. The summed E-state index contributed by atoms with van der Waals surface area (Å²) in [7, 11) is 0. The van der Waals surface area contributed by atoms with Crippen molar-refractivity contribution in [2.45, 2.75) is 51.9 Å². The molecule has 0 spiro atoms. The van der Waals surface area contributed by atoms with Crippen LogP contribution in [-0.4, -0.2) is 57.9 Å². The van der Waals surface area contributed by atoms with Crippen LogP contribution in [0.1, 0.15) is 56.9 Å². The number of aryl methyl sites for hydroxylation is 1. The summed E-state index contributed by atoms with van der Waals surface area (Å²) >= 11 is 0. The van der Waals surface area contributed by atoms with Crippen molar-refractivity contribution in [2.24, 2.45) is 5.92 Å². The molecule has 4 rings (SSSR count). The Bertz CT molecular complexity index is 878. The normalized spacial score (nSPS) is 17.3. The fourth-order valence-corrected chi connectivity index (χ4v) is 3.95. The van der Waals surface area contributed by atoms with Crippen LogP contribution in [0.3, 0.4) is 0 Å². The molecule has 1 aliphatic heterocycles. The SMILES string of the molecule is CC(C)c1ccc(-c2noc(CCC(=O)N3CCN(C(=O)C4CCC4)CC3)n2)cc1. The largest absolute Gasteiger partial charge is 0.339 e. The number of nitrogens with zero attached hydrogens (tertiary/aromatic N) is 4. The highest BCUT2D eigenvalue weighted by Gasteiger charge is 2.32. The van der Waals surface area contributed by atoms with Crippen molar-refractivity contribution in [3.8, 4) is 11.4 Å². The first-order valence-corrected chi connectivity index (χ1v) is 11.0. The average molecular weight is 411 g/mol. The van der Waals surface area contributed by atoms with E-state index in [0.29, 0.717) is 56.7 Å². The van der Waals surface area contributed by atoms with Crippen molar-refractivity contribution in [1.29, 1.82) is 0 Å². The van der Waals surface area contributed by atoms with Gasteiger partial charge >= 0.3 is 0 Å². The van der Waals surface area contributed by atoms with Gasteiger partial charge in [-0.3, -0.25) is 9.59 Å². The van der Waals surface area contributed by atoms with Gasteiger partial charge in [0.05, 0.1) is 0 Å². The van der Waals surface area contributed by atoms with Crippen molar-refractivity contribution in [1.82, 2.24) is 19.9 Å². The van der Waals surface area contributed by atoms with E-state index in [0.717, 1.165) is 24.8 Å². The van der Waals surface area contributed by atoms with Gasteiger partial charge in [0, 0.05) is 50.5 Å². The molecular weight excluding hydrogens is 380 g/mol. The van der Waals surface area contributed by atoms with Crippen LogP contribution in [0.5, 0.6) is 0 Å². The van der Waals surface area contributed by atoms with Crippen molar-refractivity contribution in [3.05, 3.63) is 35.7 Å². The summed E-state index contributed by atoms with van der Waals surface area (Å²) in [4.78, 5) is 33.1. The van der Waals surface area contributed by atoms with Gasteiger partial charge in [-0.15, -0.1) is 0 Å². The minimum atomic E-state index is 0.0757. The molecule has 2 aromatic rings. The van der Waals surface area contributed by atoms with Crippen LogP contribution in [0.25, 0.3) is 11.4 Å². The molecule has 2 heterocycles. The standard InChI is InChI=1S/C23H30N4O3/c1-16(2)17-6-8-18(9-7-17)22-24-20(30-25-22)10-11-21(28)26-12-14-27(15-13-26)23(29)19-4-3-5-19/h6-9,16,19H,3-5,10-15H2,1-2H3. The smallest absolute Gasteiger partial charge is 0.227 e. The Morgan fingerprint density at radius 1 is 1.07 bits per heavy atom. The summed E-state index contributed by atoms with van der Waals surface area (Å²) in [6.45, 7) is 6.80. The summed E-state index contributed by atoms with van der Waals surface area (Å²) in [6.07, 6.45) is 3.97. The number of amides is 2. The lowest BCUT2D eigenvalue weighted by molar-refractivity contribution is -0.144. The molecule has 2 fully saturated rings. The number of rotatable bonds is 6. The summed E-state index contributed by atoms with van der Waals surface area (Å²) in [5.74, 6) is 2.07. The van der Waals surface area contributed by atoms with Gasteiger partial charge in [0.2, 0.25) is 23.5 Å². The van der Waals surface area contributed by atoms with Crippen LogP contribution < -0.4 is 0 Å². The van der Waals surface area contributed by atoms with Crippen molar-refractivity contribution >= 4 is 11.8 Å². The van der Waals surface area contributed by atoms with E-state index >= 15 is 0 Å². The minimum absolute atomic E-state index is 0.0757. The zero-order chi connectivity index (χ0) is 21.1. The molecule has 0 atom stereocenters. The average Bonchev–Trinajstić information content (AvgIpc) is 3.20. The Morgan fingerprint density at radius 3 is 2.33 bits per heavy atom. The van der Waals surface area contributed by atoms with Gasteiger partial charge in [-0.1, -0.05) is 49.7 Å². The molecule has 160 valence electrons. The second-order valence-corrected chi connectivity index (χ2v) is 8.62. The predicted octanol–water partition coefficient (Wildman–Crippen LogP) is 3.26. The molecule has 0 radical (unpaired) electrons. The number of hydrogen-bond acceptors (Lipinski definition) is 5. The maximum Gasteiger partial charge on any atom is 0.227 e. The molecule has 7 heteroatoms. The Balaban J connectivity index is 1.25. The van der Waals surface area contributed by atoms with E-state index in [-0.39, 0.29) is 17.7 Å². The first kappa shape index (κ1) is 20.6. The number of aromatic nitrogens is 2. The number of benzene rings is 1. The van der Waals surface area contributed by atoms with E-state index in [1.54, 1.807) is 0 Å². The van der Waals surface area contributed by atoms with E-state index in [2.05, 4.69) is 36.1 Å². The molecule has 1 aromatic heterocycles. The molecule has 1 aliphatic carbocycles. The quantitative estimate of drug-likeness (QED) is 0.730. The molecule has 0 bridgehead atoms. The minimum Gasteiger partial charge on any atom is -0.339 e. The second kappa shape index (κ2) is 8.98. The lowest BCUT2D eigenvalue weighted by Crippen LogP contribution is -2.52. The van der Waals surface area contributed by atoms with Crippen molar-refractivity contribution in [2.75, 3.05) is 26.2 Å². The third-order valence-electron chi connectivity index (χ3n) is 6.25. The lowest BCUT2D eigenvalue weighted by atomic mass is 9.84. The van der Waals surface area contributed by atoms with E-state index in [9.17, 15) is 9.59 Å². The van der Waals surface area contributed by atoms with Crippen LogP contribution in [0.15, 0.2) is 28.8 Å². The molecule has 1 aromatic carbocycles. The Morgan fingerprint density at radius 2 is 1.73 bits per heavy atom. The molecule has 2 amide bonds. The predicted molar refractivity (Wildman–Crippen MR) is 113 cm³/mol. The van der Waals surface area contributed by atoms with E-state index in [1.807, 2.05) is 21.9 Å². The highest BCUT2D eigenvalue weighted by atomic mass is 16.5. The van der Waals surface area contributed by atoms with Crippen LogP contribution in [0.2, 0.25) is 0 Å². The Labute approximate surface area is 177 Å². The van der Waals surface area contributed by atoms with Gasteiger partial charge < -0.3 is 14.3 Å². The monoisotopic (exact) mass is 410 g/mol. The van der Waals surface area contributed by atoms with Crippen LogP contribution in [0, 0.1) is 5.92 Å². The maximum atomic E-state index is 12.6. The third-order valence-corrected chi connectivity index (χ3v) is 6.25. The number of carbonyl (C=O) groups is 2. The number of carbonyl (C=O) groups excluding carboxylic acids is 2. The maximum absolute atomic E-state index is 12.6. The van der Waals surface area contributed by atoms with Crippen LogP contribution >= 0.6 is 0 Å². The molecule has 0 N–H and O–H groups in total. The first-order chi connectivity index (χ1) is 14.5. The highest BCUT2D eigenvalue weighted by molar-refractivity contribution is 5.80. The van der Waals surface area contributed by atoms with Gasteiger partial charge in [0.15, 0.2) is 0 Å².